The Labute approximate surface area is 180 Å². The molecule has 164 valence electrons. The maximum absolute atomic E-state index is 12.8. The van der Waals surface area contributed by atoms with Crippen molar-refractivity contribution in [1.29, 1.82) is 0 Å². The number of hydrogen-bond donors (Lipinski definition) is 3. The molecule has 0 spiro atoms. The maximum atomic E-state index is 12.8. The van der Waals surface area contributed by atoms with E-state index >= 15 is 0 Å². The van der Waals surface area contributed by atoms with E-state index in [1.165, 1.54) is 25.3 Å². The molecule has 3 N–H and O–H groups in total. The molecule has 3 rings (SSSR count). The fourth-order valence-corrected chi connectivity index (χ4v) is 3.09. The molecule has 1 atom stereocenters. The Morgan fingerprint density at radius 2 is 1.94 bits per heavy atom. The first-order chi connectivity index (χ1) is 15.0. The van der Waals surface area contributed by atoms with Crippen molar-refractivity contribution >= 4 is 23.2 Å². The van der Waals surface area contributed by atoms with Gasteiger partial charge in [-0.3, -0.25) is 19.7 Å². The molecule has 2 aromatic carbocycles. The summed E-state index contributed by atoms with van der Waals surface area (Å²) >= 11 is 0. The van der Waals surface area contributed by atoms with Crippen molar-refractivity contribution < 1.29 is 19.2 Å². The van der Waals surface area contributed by atoms with Crippen LogP contribution < -0.4 is 16.0 Å². The zero-order valence-corrected chi connectivity index (χ0v) is 17.3. The monoisotopic (exact) mass is 426 g/mol. The minimum atomic E-state index is -0.783. The highest BCUT2D eigenvalue weighted by Crippen LogP contribution is 2.25. The lowest BCUT2D eigenvalue weighted by Crippen LogP contribution is -2.48. The number of nitrogens with zero attached hydrogens (tertiary/aromatic N) is 1. The summed E-state index contributed by atoms with van der Waals surface area (Å²) in [4.78, 5) is 36.4. The Hall–Kier alpha value is -3.46. The number of ether oxygens (including phenoxy) is 1. The van der Waals surface area contributed by atoms with E-state index < -0.39 is 16.9 Å². The largest absolute Gasteiger partial charge is 0.383 e. The number of carbonyl (C=O) groups is 2. The van der Waals surface area contributed by atoms with Gasteiger partial charge in [-0.2, -0.15) is 0 Å². The number of hydrogen-bond acceptors (Lipinski definition) is 6. The predicted octanol–water partition coefficient (Wildman–Crippen LogP) is 2.27. The number of benzene rings is 2. The molecule has 2 amide bonds. The Morgan fingerprint density at radius 3 is 2.58 bits per heavy atom. The van der Waals surface area contributed by atoms with Crippen molar-refractivity contribution in [2.45, 2.75) is 31.3 Å². The summed E-state index contributed by atoms with van der Waals surface area (Å²) < 4.78 is 4.94. The average Bonchev–Trinajstić information content (AvgIpc) is 3.58. The maximum Gasteiger partial charge on any atom is 0.293 e. The van der Waals surface area contributed by atoms with Crippen LogP contribution in [-0.4, -0.2) is 49.1 Å². The molecule has 31 heavy (non-hydrogen) atoms. The topological polar surface area (TPSA) is 123 Å². The zero-order valence-electron chi connectivity index (χ0n) is 17.3. The second-order valence-electron chi connectivity index (χ2n) is 7.41. The molecule has 0 aliphatic heterocycles. The van der Waals surface area contributed by atoms with Gasteiger partial charge in [-0.1, -0.05) is 30.3 Å². The van der Waals surface area contributed by atoms with Gasteiger partial charge in [0.25, 0.3) is 11.6 Å². The number of nitrogens with one attached hydrogen (secondary N) is 3. The predicted molar refractivity (Wildman–Crippen MR) is 116 cm³/mol. The number of carbonyl (C=O) groups excluding carboxylic acids is 2. The van der Waals surface area contributed by atoms with Crippen molar-refractivity contribution in [1.82, 2.24) is 10.6 Å². The number of nitro groups is 1. The van der Waals surface area contributed by atoms with Crippen LogP contribution in [-0.2, 0) is 16.0 Å². The molecule has 0 radical (unpaired) electrons. The summed E-state index contributed by atoms with van der Waals surface area (Å²) in [5, 5.41) is 20.0. The molecule has 9 heteroatoms. The van der Waals surface area contributed by atoms with E-state index in [-0.39, 0.29) is 23.2 Å². The van der Waals surface area contributed by atoms with Crippen LogP contribution in [0.25, 0.3) is 0 Å². The number of methoxy groups -OCH3 is 1. The lowest BCUT2D eigenvalue weighted by molar-refractivity contribution is -0.384. The van der Waals surface area contributed by atoms with Crippen molar-refractivity contribution in [3.63, 3.8) is 0 Å². The first kappa shape index (κ1) is 22.2. The van der Waals surface area contributed by atoms with Crippen LogP contribution in [0.15, 0.2) is 48.5 Å². The molecule has 0 heterocycles. The summed E-state index contributed by atoms with van der Waals surface area (Å²) in [5.41, 5.74) is 1.10. The van der Waals surface area contributed by atoms with Gasteiger partial charge in [0.1, 0.15) is 11.7 Å². The van der Waals surface area contributed by atoms with E-state index in [2.05, 4.69) is 16.0 Å². The highest BCUT2D eigenvalue weighted by atomic mass is 16.6. The zero-order chi connectivity index (χ0) is 22.2. The van der Waals surface area contributed by atoms with Crippen molar-refractivity contribution in [2.75, 3.05) is 25.6 Å². The van der Waals surface area contributed by atoms with Crippen molar-refractivity contribution in [3.05, 3.63) is 69.8 Å². The molecule has 0 aromatic heterocycles. The third-order valence-electron chi connectivity index (χ3n) is 4.91. The van der Waals surface area contributed by atoms with E-state index in [1.807, 2.05) is 30.3 Å². The summed E-state index contributed by atoms with van der Waals surface area (Å²) in [6.45, 7) is 0.778. The minimum Gasteiger partial charge on any atom is -0.383 e. The van der Waals surface area contributed by atoms with E-state index in [0.717, 1.165) is 18.4 Å². The van der Waals surface area contributed by atoms with Gasteiger partial charge >= 0.3 is 0 Å². The second-order valence-corrected chi connectivity index (χ2v) is 7.41. The van der Waals surface area contributed by atoms with Gasteiger partial charge in [-0.15, -0.1) is 0 Å². The number of nitro benzene ring substituents is 1. The fourth-order valence-electron chi connectivity index (χ4n) is 3.09. The molecule has 2 aromatic rings. The van der Waals surface area contributed by atoms with E-state index in [9.17, 15) is 19.7 Å². The molecule has 1 aliphatic rings. The van der Waals surface area contributed by atoms with E-state index in [1.54, 1.807) is 0 Å². The molecule has 0 saturated heterocycles. The lowest BCUT2D eigenvalue weighted by atomic mass is 10.0. The van der Waals surface area contributed by atoms with Crippen LogP contribution in [0.2, 0.25) is 0 Å². The Kier molecular flexibility index (Phi) is 7.55. The quantitative estimate of drug-likeness (QED) is 0.288. The van der Waals surface area contributed by atoms with Crippen molar-refractivity contribution in [2.24, 2.45) is 0 Å². The van der Waals surface area contributed by atoms with Crippen LogP contribution >= 0.6 is 0 Å². The van der Waals surface area contributed by atoms with Gasteiger partial charge in [0.15, 0.2) is 0 Å². The summed E-state index contributed by atoms with van der Waals surface area (Å²) in [5.74, 6) is -0.800. The Balaban J connectivity index is 1.75. The highest BCUT2D eigenvalue weighted by Gasteiger charge is 2.29. The number of amides is 2. The Bertz CT molecular complexity index is 931. The first-order valence-electron chi connectivity index (χ1n) is 10.1. The lowest BCUT2D eigenvalue weighted by Gasteiger charge is -2.19. The van der Waals surface area contributed by atoms with Gasteiger partial charge < -0.3 is 20.7 Å². The SMILES string of the molecule is COCCNc1ccc(C(=O)NC(Cc2ccccc2)C(=O)NC2CC2)cc1[N+](=O)[O-]. The van der Waals surface area contributed by atoms with E-state index in [0.29, 0.717) is 25.3 Å². The molecule has 1 saturated carbocycles. The van der Waals surface area contributed by atoms with Crippen LogP contribution in [0.4, 0.5) is 11.4 Å². The highest BCUT2D eigenvalue weighted by molar-refractivity contribution is 5.98. The van der Waals surface area contributed by atoms with E-state index in [4.69, 9.17) is 4.74 Å². The van der Waals surface area contributed by atoms with Crippen LogP contribution in [0.1, 0.15) is 28.8 Å². The molecule has 1 aliphatic carbocycles. The van der Waals surface area contributed by atoms with Gasteiger partial charge in [0.05, 0.1) is 11.5 Å². The molecule has 9 nitrogen and oxygen atoms in total. The molecular formula is C22H26N4O5. The normalized spacial score (nSPS) is 13.8. The molecule has 1 unspecified atom stereocenters. The average molecular weight is 426 g/mol. The van der Waals surface area contributed by atoms with Crippen LogP contribution in [0, 0.1) is 10.1 Å². The minimum absolute atomic E-state index is 0.112. The standard InChI is InChI=1S/C22H26N4O5/c1-31-12-11-23-18-10-7-16(14-20(18)26(29)30)21(27)25-19(22(28)24-17-8-9-17)13-15-5-3-2-4-6-15/h2-7,10,14,17,19,23H,8-9,11-13H2,1H3,(H,24,28)(H,25,27). The van der Waals surface area contributed by atoms with Crippen molar-refractivity contribution in [3.8, 4) is 0 Å². The number of rotatable bonds is 11. The molecular weight excluding hydrogens is 400 g/mol. The van der Waals surface area contributed by atoms with Gasteiger partial charge in [0, 0.05) is 37.7 Å². The van der Waals surface area contributed by atoms with Gasteiger partial charge in [-0.05, 0) is 30.5 Å². The first-order valence-corrected chi connectivity index (χ1v) is 10.1. The summed E-state index contributed by atoms with van der Waals surface area (Å²) in [6, 6.07) is 12.9. The summed E-state index contributed by atoms with van der Waals surface area (Å²) in [6.07, 6.45) is 2.19. The molecule has 0 bridgehead atoms. The molecule has 1 fully saturated rings. The van der Waals surface area contributed by atoms with Crippen LogP contribution in [0.3, 0.4) is 0 Å². The fraction of sp³-hybridized carbons (Fsp3) is 0.364. The van der Waals surface area contributed by atoms with Crippen LogP contribution in [0.5, 0.6) is 0 Å². The third kappa shape index (κ3) is 6.51. The second kappa shape index (κ2) is 10.5. The summed E-state index contributed by atoms with van der Waals surface area (Å²) in [7, 11) is 1.54. The number of anilines is 1. The third-order valence-corrected chi connectivity index (χ3v) is 4.91. The smallest absolute Gasteiger partial charge is 0.293 e. The van der Waals surface area contributed by atoms with Gasteiger partial charge in [-0.25, -0.2) is 0 Å². The Morgan fingerprint density at radius 1 is 1.19 bits per heavy atom. The van der Waals surface area contributed by atoms with Gasteiger partial charge in [0.2, 0.25) is 5.91 Å².